The highest BCUT2D eigenvalue weighted by Gasteiger charge is 2.31. The minimum Gasteiger partial charge on any atom is -0.481 e. The van der Waals surface area contributed by atoms with Crippen LogP contribution in [0.2, 0.25) is 10.0 Å². The molecule has 0 bridgehead atoms. The second kappa shape index (κ2) is 7.85. The Hall–Kier alpha value is -1.79. The van der Waals surface area contributed by atoms with Crippen LogP contribution in [0.1, 0.15) is 30.1 Å². The van der Waals surface area contributed by atoms with E-state index in [1.54, 1.807) is 19.1 Å². The van der Waals surface area contributed by atoms with Crippen LogP contribution in [-0.2, 0) is 9.59 Å². The van der Waals surface area contributed by atoms with Crippen molar-refractivity contribution in [1.29, 1.82) is 0 Å². The molecule has 2 atom stereocenters. The number of hydrogen-bond acceptors (Lipinski definition) is 3. The molecule has 1 heterocycles. The van der Waals surface area contributed by atoms with Gasteiger partial charge in [-0.2, -0.15) is 0 Å². The van der Waals surface area contributed by atoms with E-state index in [0.717, 1.165) is 0 Å². The summed E-state index contributed by atoms with van der Waals surface area (Å²) in [7, 11) is 0. The van der Waals surface area contributed by atoms with Gasteiger partial charge in [-0.15, -0.1) is 0 Å². The van der Waals surface area contributed by atoms with E-state index in [1.165, 1.54) is 11.0 Å². The normalized spacial score (nSPS) is 18.8. The summed E-state index contributed by atoms with van der Waals surface area (Å²) in [4.78, 5) is 37.3. The predicted octanol–water partition coefficient (Wildman–Crippen LogP) is 2.43. The molecule has 2 amide bonds. The molecule has 0 saturated carbocycles. The third-order valence-electron chi connectivity index (χ3n) is 4.00. The van der Waals surface area contributed by atoms with Gasteiger partial charge >= 0.3 is 5.97 Å². The molecule has 0 radical (unpaired) electrons. The molecule has 0 spiro atoms. The Labute approximate surface area is 149 Å². The van der Waals surface area contributed by atoms with E-state index in [1.807, 2.05) is 0 Å². The average molecular weight is 373 g/mol. The highest BCUT2D eigenvalue weighted by molar-refractivity contribution is 6.43. The maximum Gasteiger partial charge on any atom is 0.308 e. The molecular weight excluding hydrogens is 355 g/mol. The van der Waals surface area contributed by atoms with Crippen LogP contribution in [0.25, 0.3) is 0 Å². The van der Waals surface area contributed by atoms with Crippen LogP contribution in [0.15, 0.2) is 18.2 Å². The first-order valence-electron chi connectivity index (χ1n) is 7.57. The molecule has 2 N–H and O–H groups in total. The molecule has 130 valence electrons. The van der Waals surface area contributed by atoms with Crippen LogP contribution < -0.4 is 5.32 Å². The molecule has 1 fully saturated rings. The Morgan fingerprint density at radius 2 is 2.04 bits per heavy atom. The first-order chi connectivity index (χ1) is 11.3. The Morgan fingerprint density at radius 1 is 1.33 bits per heavy atom. The van der Waals surface area contributed by atoms with Crippen LogP contribution in [0.5, 0.6) is 0 Å². The first-order valence-corrected chi connectivity index (χ1v) is 8.33. The number of nitrogens with one attached hydrogen (secondary N) is 1. The minimum atomic E-state index is -0.908. The largest absolute Gasteiger partial charge is 0.481 e. The molecule has 0 aromatic heterocycles. The van der Waals surface area contributed by atoms with E-state index in [9.17, 15) is 14.4 Å². The van der Waals surface area contributed by atoms with Gasteiger partial charge in [0.05, 0.1) is 21.5 Å². The molecule has 0 unspecified atom stereocenters. The van der Waals surface area contributed by atoms with Gasteiger partial charge in [0, 0.05) is 13.1 Å². The van der Waals surface area contributed by atoms with Gasteiger partial charge in [0.1, 0.15) is 6.04 Å². The summed E-state index contributed by atoms with van der Waals surface area (Å²) in [6.45, 7) is 2.20. The van der Waals surface area contributed by atoms with Crippen molar-refractivity contribution in [2.45, 2.75) is 25.8 Å². The van der Waals surface area contributed by atoms with E-state index in [-0.39, 0.29) is 28.1 Å². The number of carbonyl (C=O) groups is 3. The van der Waals surface area contributed by atoms with Gasteiger partial charge in [0.2, 0.25) is 5.91 Å². The maximum absolute atomic E-state index is 12.4. The fourth-order valence-corrected chi connectivity index (χ4v) is 3.05. The van der Waals surface area contributed by atoms with Crippen LogP contribution in [0.4, 0.5) is 0 Å². The number of carboxylic acids is 1. The Kier molecular flexibility index (Phi) is 6.07. The number of likely N-dealkylation sites (tertiary alicyclic amines) is 1. The Balaban J connectivity index is 2.02. The number of hydrogen-bond donors (Lipinski definition) is 2. The molecule has 2 rings (SSSR count). The Morgan fingerprint density at radius 3 is 2.71 bits per heavy atom. The number of halogens is 2. The second-order valence-electron chi connectivity index (χ2n) is 5.76. The number of rotatable bonds is 4. The smallest absolute Gasteiger partial charge is 0.308 e. The zero-order valence-corrected chi connectivity index (χ0v) is 14.6. The minimum absolute atomic E-state index is 0.125. The van der Waals surface area contributed by atoms with Crippen LogP contribution in [0, 0.1) is 5.92 Å². The molecule has 1 aromatic rings. The van der Waals surface area contributed by atoms with E-state index in [2.05, 4.69) is 5.32 Å². The van der Waals surface area contributed by atoms with Crippen LogP contribution in [0.3, 0.4) is 0 Å². The van der Waals surface area contributed by atoms with E-state index in [4.69, 9.17) is 28.3 Å². The summed E-state index contributed by atoms with van der Waals surface area (Å²) in [6.07, 6.45) is 1.18. The van der Waals surface area contributed by atoms with Crippen molar-refractivity contribution in [1.82, 2.24) is 10.2 Å². The number of carbonyl (C=O) groups excluding carboxylic acids is 2. The topological polar surface area (TPSA) is 86.7 Å². The average Bonchev–Trinajstić information content (AvgIpc) is 2.56. The Bertz CT molecular complexity index is 665. The van der Waals surface area contributed by atoms with Gasteiger partial charge in [0.15, 0.2) is 0 Å². The van der Waals surface area contributed by atoms with E-state index < -0.39 is 23.8 Å². The zero-order chi connectivity index (χ0) is 17.9. The van der Waals surface area contributed by atoms with Crippen molar-refractivity contribution in [2.75, 3.05) is 13.1 Å². The van der Waals surface area contributed by atoms with Crippen LogP contribution >= 0.6 is 23.2 Å². The predicted molar refractivity (Wildman–Crippen MR) is 90.3 cm³/mol. The molecular formula is C16H18Cl2N2O4. The third-order valence-corrected chi connectivity index (χ3v) is 4.82. The zero-order valence-electron chi connectivity index (χ0n) is 13.1. The third kappa shape index (κ3) is 4.19. The SMILES string of the molecule is C[C@@H](NC(=O)c1cccc(Cl)c1Cl)C(=O)N1CCC[C@H](C(=O)O)C1. The molecule has 1 saturated heterocycles. The summed E-state index contributed by atoms with van der Waals surface area (Å²) in [5.41, 5.74) is 0.186. The highest BCUT2D eigenvalue weighted by Crippen LogP contribution is 2.25. The van der Waals surface area contributed by atoms with Crippen LogP contribution in [-0.4, -0.2) is 46.9 Å². The number of piperidine rings is 1. The van der Waals surface area contributed by atoms with Gasteiger partial charge in [-0.25, -0.2) is 0 Å². The van der Waals surface area contributed by atoms with Crippen molar-refractivity contribution in [2.24, 2.45) is 5.92 Å². The van der Waals surface area contributed by atoms with Gasteiger partial charge < -0.3 is 15.3 Å². The molecule has 24 heavy (non-hydrogen) atoms. The lowest BCUT2D eigenvalue weighted by Crippen LogP contribution is -2.51. The fraction of sp³-hybridized carbons (Fsp3) is 0.438. The molecule has 6 nitrogen and oxygen atoms in total. The van der Waals surface area contributed by atoms with Crippen molar-refractivity contribution in [3.8, 4) is 0 Å². The second-order valence-corrected chi connectivity index (χ2v) is 6.54. The maximum atomic E-state index is 12.4. The van der Waals surface area contributed by atoms with Gasteiger partial charge in [-0.05, 0) is 31.9 Å². The highest BCUT2D eigenvalue weighted by atomic mass is 35.5. The van der Waals surface area contributed by atoms with Gasteiger partial charge in [0.25, 0.3) is 5.91 Å². The number of carboxylic acid groups (broad SMARTS) is 1. The standard InChI is InChI=1S/C16H18Cl2N2O4/c1-9(15(22)20-7-3-4-10(8-20)16(23)24)19-14(21)11-5-2-6-12(17)13(11)18/h2,5-6,9-10H,3-4,7-8H2,1H3,(H,19,21)(H,23,24)/t9-,10+/m1/s1. The van der Waals surface area contributed by atoms with Gasteiger partial charge in [-0.1, -0.05) is 29.3 Å². The summed E-state index contributed by atoms with van der Waals surface area (Å²) < 4.78 is 0. The van der Waals surface area contributed by atoms with Crippen molar-refractivity contribution < 1.29 is 19.5 Å². The number of nitrogens with zero attached hydrogens (tertiary/aromatic N) is 1. The number of aliphatic carboxylic acids is 1. The summed E-state index contributed by atoms with van der Waals surface area (Å²) in [6, 6.07) is 3.88. The van der Waals surface area contributed by atoms with E-state index >= 15 is 0 Å². The fourth-order valence-electron chi connectivity index (χ4n) is 2.67. The number of amides is 2. The lowest BCUT2D eigenvalue weighted by atomic mass is 9.98. The lowest BCUT2D eigenvalue weighted by Gasteiger charge is -2.32. The number of benzene rings is 1. The van der Waals surface area contributed by atoms with Crippen molar-refractivity contribution in [3.63, 3.8) is 0 Å². The molecule has 1 aromatic carbocycles. The molecule has 8 heteroatoms. The lowest BCUT2D eigenvalue weighted by molar-refractivity contribution is -0.146. The molecule has 1 aliphatic heterocycles. The van der Waals surface area contributed by atoms with Gasteiger partial charge in [-0.3, -0.25) is 14.4 Å². The summed E-state index contributed by atoms with van der Waals surface area (Å²) >= 11 is 11.9. The summed E-state index contributed by atoms with van der Waals surface area (Å²) in [5.74, 6) is -2.29. The molecule has 0 aliphatic carbocycles. The molecule has 1 aliphatic rings. The van der Waals surface area contributed by atoms with Crippen molar-refractivity contribution in [3.05, 3.63) is 33.8 Å². The monoisotopic (exact) mass is 372 g/mol. The summed E-state index contributed by atoms with van der Waals surface area (Å²) in [5, 5.41) is 12.1. The quantitative estimate of drug-likeness (QED) is 0.849. The first kappa shape index (κ1) is 18.5. The van der Waals surface area contributed by atoms with E-state index in [0.29, 0.717) is 19.4 Å². The van der Waals surface area contributed by atoms with Crippen molar-refractivity contribution >= 4 is 41.0 Å².